The topological polar surface area (TPSA) is 77.2 Å². The zero-order valence-electron chi connectivity index (χ0n) is 16.3. The van der Waals surface area contributed by atoms with Crippen molar-refractivity contribution < 1.29 is 9.53 Å². The highest BCUT2D eigenvalue weighted by molar-refractivity contribution is 5.88. The number of benzene rings is 1. The average Bonchev–Trinajstić information content (AvgIpc) is 3.24. The van der Waals surface area contributed by atoms with E-state index in [1.54, 1.807) is 16.9 Å². The number of hydrogen-bond acceptors (Lipinski definition) is 4. The molecule has 3 heterocycles. The Hall–Kier alpha value is -3.13. The number of carbonyl (C=O) groups excluding carboxylic acids is 1. The molecule has 28 heavy (non-hydrogen) atoms. The van der Waals surface area contributed by atoms with Gasteiger partial charge in [0.05, 0.1) is 30.6 Å². The molecule has 146 valence electrons. The molecule has 0 saturated carbocycles. The number of anilines is 1. The summed E-state index contributed by atoms with van der Waals surface area (Å²) in [4.78, 5) is 14.8. The van der Waals surface area contributed by atoms with Gasteiger partial charge in [0.1, 0.15) is 0 Å². The van der Waals surface area contributed by atoms with Gasteiger partial charge in [-0.25, -0.2) is 9.48 Å². The van der Waals surface area contributed by atoms with Gasteiger partial charge in [-0.05, 0) is 26.0 Å². The normalized spacial score (nSPS) is 17.0. The van der Waals surface area contributed by atoms with Crippen LogP contribution in [0.15, 0.2) is 42.6 Å². The first-order valence-corrected chi connectivity index (χ1v) is 9.31. The summed E-state index contributed by atoms with van der Waals surface area (Å²) in [6.07, 6.45) is 1.80. The fourth-order valence-corrected chi connectivity index (χ4v) is 3.71. The lowest BCUT2D eigenvalue weighted by atomic mass is 10.0. The highest BCUT2D eigenvalue weighted by Crippen LogP contribution is 2.31. The van der Waals surface area contributed by atoms with Crippen LogP contribution in [0.5, 0.6) is 0 Å². The Morgan fingerprint density at radius 2 is 1.96 bits per heavy atom. The van der Waals surface area contributed by atoms with Crippen LogP contribution >= 0.6 is 0 Å². The monoisotopic (exact) mass is 380 g/mol. The maximum Gasteiger partial charge on any atom is 0.323 e. The fourth-order valence-electron chi connectivity index (χ4n) is 3.71. The molecule has 1 saturated heterocycles. The van der Waals surface area contributed by atoms with Crippen molar-refractivity contribution in [1.29, 1.82) is 0 Å². The zero-order chi connectivity index (χ0) is 19.7. The Morgan fingerprint density at radius 1 is 1.18 bits per heavy atom. The molecule has 1 N–H and O–H groups in total. The molecule has 0 bridgehead atoms. The number of rotatable bonds is 3. The molecule has 1 aromatic carbocycles. The first-order valence-electron chi connectivity index (χ1n) is 9.31. The summed E-state index contributed by atoms with van der Waals surface area (Å²) in [7, 11) is 1.82. The number of nitrogens with zero attached hydrogens (tertiary/aromatic N) is 5. The van der Waals surface area contributed by atoms with E-state index in [-0.39, 0.29) is 12.1 Å². The Balaban J connectivity index is 1.64. The third-order valence-electron chi connectivity index (χ3n) is 5.02. The molecule has 0 radical (unpaired) electrons. The van der Waals surface area contributed by atoms with E-state index in [2.05, 4.69) is 10.4 Å². The number of hydrogen-bond donors (Lipinski definition) is 1. The molecule has 0 spiro atoms. The smallest absolute Gasteiger partial charge is 0.323 e. The van der Waals surface area contributed by atoms with Gasteiger partial charge >= 0.3 is 6.03 Å². The zero-order valence-corrected chi connectivity index (χ0v) is 16.3. The minimum atomic E-state index is -0.199. The van der Waals surface area contributed by atoms with Crippen molar-refractivity contribution in [3.05, 3.63) is 59.5 Å². The summed E-state index contributed by atoms with van der Waals surface area (Å²) >= 11 is 0. The maximum atomic E-state index is 12.9. The summed E-state index contributed by atoms with van der Waals surface area (Å²) in [5, 5.41) is 11.8. The van der Waals surface area contributed by atoms with E-state index >= 15 is 0 Å². The van der Waals surface area contributed by atoms with Crippen molar-refractivity contribution >= 4 is 11.8 Å². The van der Waals surface area contributed by atoms with E-state index in [9.17, 15) is 4.79 Å². The summed E-state index contributed by atoms with van der Waals surface area (Å²) in [6, 6.07) is 11.4. The maximum absolute atomic E-state index is 12.9. The quantitative estimate of drug-likeness (QED) is 0.758. The van der Waals surface area contributed by atoms with E-state index < -0.39 is 0 Å². The Kier molecular flexibility index (Phi) is 4.87. The number of morpholine rings is 1. The van der Waals surface area contributed by atoms with Gasteiger partial charge < -0.3 is 9.64 Å². The van der Waals surface area contributed by atoms with Crippen LogP contribution in [0.4, 0.5) is 10.6 Å². The molecule has 1 atom stereocenters. The fraction of sp³-hybridized carbons (Fsp3) is 0.350. The van der Waals surface area contributed by atoms with Crippen LogP contribution in [0.1, 0.15) is 23.0 Å². The number of aromatic nitrogens is 4. The molecule has 0 unspecified atom stereocenters. The molecule has 8 nitrogen and oxygen atoms in total. The predicted molar refractivity (Wildman–Crippen MR) is 106 cm³/mol. The number of carbonyl (C=O) groups is 1. The lowest BCUT2D eigenvalue weighted by molar-refractivity contribution is 0.0143. The van der Waals surface area contributed by atoms with Crippen LogP contribution in [0.2, 0.25) is 0 Å². The second kappa shape index (κ2) is 7.47. The van der Waals surface area contributed by atoms with Crippen LogP contribution in [-0.2, 0) is 11.8 Å². The minimum absolute atomic E-state index is 0.182. The Morgan fingerprint density at radius 3 is 2.68 bits per heavy atom. The first-order chi connectivity index (χ1) is 13.5. The van der Waals surface area contributed by atoms with E-state index in [4.69, 9.17) is 9.84 Å². The number of urea groups is 1. The van der Waals surface area contributed by atoms with Crippen LogP contribution in [0.3, 0.4) is 0 Å². The molecular formula is C20H24N6O2. The first kappa shape index (κ1) is 18.2. The number of ether oxygens (including phenoxy) is 1. The van der Waals surface area contributed by atoms with E-state index in [0.29, 0.717) is 25.6 Å². The van der Waals surface area contributed by atoms with Gasteiger partial charge in [-0.1, -0.05) is 18.2 Å². The molecule has 1 aliphatic rings. The van der Waals surface area contributed by atoms with Crippen molar-refractivity contribution in [2.75, 3.05) is 25.1 Å². The molecule has 1 fully saturated rings. The largest absolute Gasteiger partial charge is 0.377 e. The van der Waals surface area contributed by atoms with Gasteiger partial charge in [0.15, 0.2) is 5.82 Å². The summed E-state index contributed by atoms with van der Waals surface area (Å²) in [6.45, 7) is 5.48. The SMILES string of the molecule is Cc1nn(-c2ccccc2)c(C)c1[C@@H]1COCCN1C(=O)Nc1ccn(C)n1. The summed E-state index contributed by atoms with van der Waals surface area (Å²) in [5.41, 5.74) is 3.93. The molecule has 1 aliphatic heterocycles. The van der Waals surface area contributed by atoms with Crippen LogP contribution in [0, 0.1) is 13.8 Å². The second-order valence-corrected chi connectivity index (χ2v) is 6.92. The predicted octanol–water partition coefficient (Wildman–Crippen LogP) is 2.83. The van der Waals surface area contributed by atoms with Gasteiger partial charge in [-0.2, -0.15) is 10.2 Å². The number of amides is 2. The van der Waals surface area contributed by atoms with Gasteiger partial charge in [-0.3, -0.25) is 10.00 Å². The van der Waals surface area contributed by atoms with Gasteiger partial charge in [0.25, 0.3) is 0 Å². The third-order valence-corrected chi connectivity index (χ3v) is 5.02. The molecule has 8 heteroatoms. The average molecular weight is 380 g/mol. The Labute approximate surface area is 163 Å². The Bertz CT molecular complexity index is 978. The van der Waals surface area contributed by atoms with Gasteiger partial charge in [0, 0.05) is 37.1 Å². The molecule has 0 aliphatic carbocycles. The highest BCUT2D eigenvalue weighted by atomic mass is 16.5. The van der Waals surface area contributed by atoms with Crippen LogP contribution in [-0.4, -0.2) is 50.3 Å². The van der Waals surface area contributed by atoms with E-state index in [1.165, 1.54) is 0 Å². The van der Waals surface area contributed by atoms with Crippen molar-refractivity contribution in [2.45, 2.75) is 19.9 Å². The molecule has 2 aromatic heterocycles. The number of aryl methyl sites for hydroxylation is 2. The minimum Gasteiger partial charge on any atom is -0.377 e. The van der Waals surface area contributed by atoms with Crippen molar-refractivity contribution in [2.24, 2.45) is 7.05 Å². The second-order valence-electron chi connectivity index (χ2n) is 6.92. The standard InChI is InChI=1S/C20H24N6O2/c1-14-19(15(2)26(22-14)16-7-5-4-6-8-16)17-13-28-12-11-25(17)20(27)21-18-9-10-24(3)23-18/h4-10,17H,11-13H2,1-3H3,(H,21,23,27)/t17-/m0/s1. The molecule has 2 amide bonds. The van der Waals surface area contributed by atoms with Crippen LogP contribution in [0.25, 0.3) is 5.69 Å². The highest BCUT2D eigenvalue weighted by Gasteiger charge is 2.33. The molecular weight excluding hydrogens is 356 g/mol. The third kappa shape index (κ3) is 3.38. The van der Waals surface area contributed by atoms with Gasteiger partial charge in [0.2, 0.25) is 0 Å². The summed E-state index contributed by atoms with van der Waals surface area (Å²) in [5.74, 6) is 0.533. The van der Waals surface area contributed by atoms with Crippen LogP contribution < -0.4 is 5.32 Å². The number of nitrogens with one attached hydrogen (secondary N) is 1. The number of para-hydroxylation sites is 1. The lowest BCUT2D eigenvalue weighted by Crippen LogP contribution is -2.45. The van der Waals surface area contributed by atoms with Crippen molar-refractivity contribution in [1.82, 2.24) is 24.5 Å². The van der Waals surface area contributed by atoms with Crippen molar-refractivity contribution in [3.63, 3.8) is 0 Å². The molecule has 3 aromatic rings. The lowest BCUT2D eigenvalue weighted by Gasteiger charge is -2.35. The summed E-state index contributed by atoms with van der Waals surface area (Å²) < 4.78 is 9.30. The van der Waals surface area contributed by atoms with E-state index in [0.717, 1.165) is 22.6 Å². The van der Waals surface area contributed by atoms with Crippen molar-refractivity contribution in [3.8, 4) is 5.69 Å². The van der Waals surface area contributed by atoms with E-state index in [1.807, 2.05) is 60.8 Å². The van der Waals surface area contributed by atoms with Gasteiger partial charge in [-0.15, -0.1) is 0 Å². The molecule has 4 rings (SSSR count).